The molecule has 3 aromatic rings. The zero-order valence-corrected chi connectivity index (χ0v) is 16.6. The van der Waals surface area contributed by atoms with Gasteiger partial charge in [-0.3, -0.25) is 9.59 Å². The van der Waals surface area contributed by atoms with E-state index in [1.54, 1.807) is 29.0 Å². The molecule has 0 aliphatic carbocycles. The number of aromatic nitrogens is 1. The maximum Gasteiger partial charge on any atom is 0.255 e. The molecule has 3 N–H and O–H groups in total. The van der Waals surface area contributed by atoms with Gasteiger partial charge in [-0.2, -0.15) is 4.57 Å². The van der Waals surface area contributed by atoms with Crippen LogP contribution in [0.3, 0.4) is 0 Å². The van der Waals surface area contributed by atoms with E-state index < -0.39 is 0 Å². The molecular weight excluding hydrogens is 408 g/mol. The Morgan fingerprint density at radius 1 is 0.889 bits per heavy atom. The van der Waals surface area contributed by atoms with Crippen molar-refractivity contribution in [3.8, 4) is 0 Å². The number of rotatable bonds is 5. The molecular formula is C21H22BrN2O3+. The highest BCUT2D eigenvalue weighted by Gasteiger charge is 2.13. The van der Waals surface area contributed by atoms with Crippen molar-refractivity contribution in [1.29, 1.82) is 0 Å². The molecule has 3 rings (SSSR count). The van der Waals surface area contributed by atoms with Crippen molar-refractivity contribution in [2.75, 3.05) is 5.32 Å². The van der Waals surface area contributed by atoms with Gasteiger partial charge in [0.2, 0.25) is 12.3 Å². The number of carbonyl (C=O) groups is 2. The van der Waals surface area contributed by atoms with E-state index >= 15 is 0 Å². The SMILES string of the molecule is Br.Cc1ccc(C(=O)C[n+]2cccc(NC(=O)c3ccccc3)c2)cc1.O. The van der Waals surface area contributed by atoms with Gasteiger partial charge in [0, 0.05) is 17.2 Å². The largest absolute Gasteiger partial charge is 0.412 e. The Balaban J connectivity index is 0.00000182. The molecule has 0 aliphatic rings. The number of ketones is 1. The molecule has 2 aromatic carbocycles. The van der Waals surface area contributed by atoms with Crippen molar-refractivity contribution >= 4 is 34.4 Å². The average molecular weight is 430 g/mol. The lowest BCUT2D eigenvalue weighted by Crippen LogP contribution is -2.37. The van der Waals surface area contributed by atoms with Crippen LogP contribution in [-0.2, 0) is 6.54 Å². The Morgan fingerprint density at radius 2 is 1.56 bits per heavy atom. The van der Waals surface area contributed by atoms with E-state index in [1.807, 2.05) is 61.7 Å². The summed E-state index contributed by atoms with van der Waals surface area (Å²) < 4.78 is 1.77. The summed E-state index contributed by atoms with van der Waals surface area (Å²) >= 11 is 0. The van der Waals surface area contributed by atoms with Crippen LogP contribution in [0.4, 0.5) is 5.69 Å². The summed E-state index contributed by atoms with van der Waals surface area (Å²) in [6, 6.07) is 20.1. The van der Waals surface area contributed by atoms with E-state index in [9.17, 15) is 9.59 Å². The average Bonchev–Trinajstić information content (AvgIpc) is 2.63. The third kappa shape index (κ3) is 6.13. The molecule has 0 atom stereocenters. The molecule has 0 aliphatic heterocycles. The maximum atomic E-state index is 12.4. The van der Waals surface area contributed by atoms with Gasteiger partial charge in [0.15, 0.2) is 12.4 Å². The first-order valence-electron chi connectivity index (χ1n) is 8.07. The highest BCUT2D eigenvalue weighted by atomic mass is 79.9. The first-order valence-corrected chi connectivity index (χ1v) is 8.07. The number of amides is 1. The van der Waals surface area contributed by atoms with E-state index in [0.717, 1.165) is 5.56 Å². The van der Waals surface area contributed by atoms with Crippen molar-refractivity contribution in [2.24, 2.45) is 0 Å². The number of pyridine rings is 1. The van der Waals surface area contributed by atoms with Crippen LogP contribution in [-0.4, -0.2) is 17.2 Å². The van der Waals surface area contributed by atoms with E-state index in [-0.39, 0.29) is 40.7 Å². The van der Waals surface area contributed by atoms with Gasteiger partial charge < -0.3 is 10.8 Å². The summed E-state index contributed by atoms with van der Waals surface area (Å²) in [6.07, 6.45) is 3.57. The lowest BCUT2D eigenvalue weighted by molar-refractivity contribution is -0.682. The summed E-state index contributed by atoms with van der Waals surface area (Å²) in [7, 11) is 0. The molecule has 0 spiro atoms. The maximum absolute atomic E-state index is 12.4. The molecule has 27 heavy (non-hydrogen) atoms. The van der Waals surface area contributed by atoms with E-state index in [1.165, 1.54) is 0 Å². The van der Waals surface area contributed by atoms with Crippen LogP contribution in [0.1, 0.15) is 26.3 Å². The Morgan fingerprint density at radius 3 is 2.22 bits per heavy atom. The molecule has 0 radical (unpaired) electrons. The zero-order chi connectivity index (χ0) is 17.6. The predicted molar refractivity (Wildman–Crippen MR) is 110 cm³/mol. The number of carbonyl (C=O) groups excluding carboxylic acids is 2. The van der Waals surface area contributed by atoms with Crippen LogP contribution in [0.2, 0.25) is 0 Å². The Hall–Kier alpha value is -2.83. The van der Waals surface area contributed by atoms with Crippen LogP contribution in [0.5, 0.6) is 0 Å². The number of halogens is 1. The first-order chi connectivity index (χ1) is 12.1. The number of nitrogens with one attached hydrogen (secondary N) is 1. The third-order valence-electron chi connectivity index (χ3n) is 3.85. The Kier molecular flexibility index (Phi) is 8.51. The lowest BCUT2D eigenvalue weighted by Gasteiger charge is -2.04. The highest BCUT2D eigenvalue weighted by Crippen LogP contribution is 2.08. The summed E-state index contributed by atoms with van der Waals surface area (Å²) in [6.45, 7) is 2.21. The van der Waals surface area contributed by atoms with Crippen LogP contribution in [0, 0.1) is 6.92 Å². The molecule has 1 amide bonds. The van der Waals surface area contributed by atoms with Crippen LogP contribution in [0.25, 0.3) is 0 Å². The van der Waals surface area contributed by atoms with Gasteiger partial charge >= 0.3 is 0 Å². The summed E-state index contributed by atoms with van der Waals surface area (Å²) in [5.41, 5.74) is 3.04. The van der Waals surface area contributed by atoms with Gasteiger partial charge in [-0.1, -0.05) is 48.0 Å². The fourth-order valence-electron chi connectivity index (χ4n) is 2.48. The molecule has 140 valence electrons. The zero-order valence-electron chi connectivity index (χ0n) is 14.9. The van der Waals surface area contributed by atoms with Gasteiger partial charge in [0.25, 0.3) is 5.91 Å². The minimum atomic E-state index is -0.178. The normalized spacial score (nSPS) is 9.52. The van der Waals surface area contributed by atoms with Gasteiger partial charge in [-0.05, 0) is 25.1 Å². The molecule has 0 saturated heterocycles. The van der Waals surface area contributed by atoms with Crippen LogP contribution >= 0.6 is 17.0 Å². The number of benzene rings is 2. The standard InChI is InChI=1S/C21H18N2O2.BrH.H2O/c1-16-9-11-17(12-10-16)20(24)15-23-13-5-8-19(14-23)22-21(25)18-6-3-2-4-7-18;;/h2-14H,15H2,1H3;1H;1H2/p+1. The molecule has 6 heteroatoms. The van der Waals surface area contributed by atoms with Gasteiger partial charge in [-0.15, -0.1) is 17.0 Å². The lowest BCUT2D eigenvalue weighted by atomic mass is 10.1. The van der Waals surface area contributed by atoms with Crippen molar-refractivity contribution in [3.63, 3.8) is 0 Å². The molecule has 0 unspecified atom stereocenters. The van der Waals surface area contributed by atoms with E-state index in [2.05, 4.69) is 5.32 Å². The molecule has 0 fully saturated rings. The van der Waals surface area contributed by atoms with Gasteiger partial charge in [-0.25, -0.2) is 0 Å². The van der Waals surface area contributed by atoms with Crippen molar-refractivity contribution in [1.82, 2.24) is 0 Å². The predicted octanol–water partition coefficient (Wildman–Crippen LogP) is 3.17. The smallest absolute Gasteiger partial charge is 0.255 e. The fraction of sp³-hybridized carbons (Fsp3) is 0.0952. The second-order valence-electron chi connectivity index (χ2n) is 5.87. The highest BCUT2D eigenvalue weighted by molar-refractivity contribution is 8.93. The number of nitrogens with zero attached hydrogens (tertiary/aromatic N) is 1. The third-order valence-corrected chi connectivity index (χ3v) is 3.85. The van der Waals surface area contributed by atoms with Gasteiger partial charge in [0.05, 0.1) is 0 Å². The minimum Gasteiger partial charge on any atom is -0.412 e. The number of Topliss-reactive ketones (excluding diaryl/α,β-unsaturated/α-hetero) is 1. The minimum absolute atomic E-state index is 0. The summed E-state index contributed by atoms with van der Waals surface area (Å²) in [5, 5.41) is 2.85. The Labute approximate surface area is 168 Å². The quantitative estimate of drug-likeness (QED) is 0.498. The molecule has 0 bridgehead atoms. The second kappa shape index (κ2) is 10.4. The summed E-state index contributed by atoms with van der Waals surface area (Å²) in [5.74, 6) is -0.153. The molecule has 1 heterocycles. The van der Waals surface area contributed by atoms with E-state index in [0.29, 0.717) is 16.8 Å². The van der Waals surface area contributed by atoms with Gasteiger partial charge in [0.1, 0.15) is 5.69 Å². The first kappa shape index (κ1) is 22.2. The number of hydrogen-bond acceptors (Lipinski definition) is 2. The summed E-state index contributed by atoms with van der Waals surface area (Å²) in [4.78, 5) is 24.6. The number of hydrogen-bond donors (Lipinski definition) is 1. The van der Waals surface area contributed by atoms with Crippen LogP contribution in [0.15, 0.2) is 79.1 Å². The van der Waals surface area contributed by atoms with Crippen molar-refractivity contribution < 1.29 is 19.6 Å². The van der Waals surface area contributed by atoms with Crippen molar-refractivity contribution in [2.45, 2.75) is 13.5 Å². The second-order valence-corrected chi connectivity index (χ2v) is 5.87. The van der Waals surface area contributed by atoms with E-state index in [4.69, 9.17) is 0 Å². The fourth-order valence-corrected chi connectivity index (χ4v) is 2.48. The molecule has 0 saturated carbocycles. The number of aryl methyl sites for hydroxylation is 1. The Bertz CT molecular complexity index is 897. The molecule has 1 aromatic heterocycles. The molecule has 5 nitrogen and oxygen atoms in total. The number of anilines is 1. The topological polar surface area (TPSA) is 81.5 Å². The van der Waals surface area contributed by atoms with Crippen LogP contribution < -0.4 is 9.88 Å². The van der Waals surface area contributed by atoms with Crippen molar-refractivity contribution in [3.05, 3.63) is 95.8 Å². The monoisotopic (exact) mass is 429 g/mol.